The van der Waals surface area contributed by atoms with Crippen molar-refractivity contribution in [1.29, 1.82) is 0 Å². The zero-order valence-electron chi connectivity index (χ0n) is 14.7. The summed E-state index contributed by atoms with van der Waals surface area (Å²) in [5.74, 6) is 1.42. The number of aromatic carboxylic acids is 1. The average Bonchev–Trinajstić information content (AvgIpc) is 3.11. The zero-order valence-corrected chi connectivity index (χ0v) is 14.7. The minimum Gasteiger partial charge on any atom is -0.478 e. The van der Waals surface area contributed by atoms with Crippen LogP contribution in [-0.2, 0) is 20.0 Å². The van der Waals surface area contributed by atoms with Gasteiger partial charge in [-0.15, -0.1) is 0 Å². The van der Waals surface area contributed by atoms with Gasteiger partial charge in [0.05, 0.1) is 23.1 Å². The first-order valence-electron chi connectivity index (χ1n) is 8.07. The van der Waals surface area contributed by atoms with Crippen molar-refractivity contribution in [2.24, 2.45) is 13.0 Å². The van der Waals surface area contributed by atoms with E-state index in [2.05, 4.69) is 29.0 Å². The van der Waals surface area contributed by atoms with Gasteiger partial charge in [-0.2, -0.15) is 4.98 Å². The smallest absolute Gasteiger partial charge is 0.335 e. The maximum atomic E-state index is 11.1. The molecule has 3 aromatic rings. The zero-order chi connectivity index (χ0) is 18.1. The molecule has 0 amide bonds. The fourth-order valence-electron chi connectivity index (χ4n) is 2.73. The molecule has 0 radical (unpaired) electrons. The first-order chi connectivity index (χ1) is 11.8. The van der Waals surface area contributed by atoms with E-state index < -0.39 is 5.97 Å². The first-order valence-corrected chi connectivity index (χ1v) is 8.07. The van der Waals surface area contributed by atoms with E-state index in [1.807, 2.05) is 23.6 Å². The van der Waals surface area contributed by atoms with Gasteiger partial charge in [0.25, 0.3) is 0 Å². The number of carbonyl (C=O) groups is 1. The number of aryl methyl sites for hydroxylation is 1. The molecule has 0 aliphatic heterocycles. The van der Waals surface area contributed by atoms with Crippen LogP contribution in [0.2, 0.25) is 0 Å². The molecule has 3 rings (SSSR count). The molecular weight excluding hydrogens is 322 g/mol. The molecule has 0 spiro atoms. The molecule has 2 heterocycles. The molecular formula is C17H21N5O3. The Bertz CT molecular complexity index is 912. The molecule has 0 aliphatic rings. The highest BCUT2D eigenvalue weighted by atomic mass is 16.5. The SMILES string of the molecule is CC(C)Cc1nc(CN(C)c2nc3cc(C(=O)O)ccc3n2C)no1. The standard InChI is InChI=1S/C17H21N5O3/c1-10(2)7-15-19-14(20-25-15)9-21(3)17-18-12-8-11(16(23)24)5-6-13(12)22(17)4/h5-6,8,10H,7,9H2,1-4H3,(H,23,24). The van der Waals surface area contributed by atoms with Crippen molar-refractivity contribution in [3.05, 3.63) is 35.5 Å². The second-order valence-electron chi connectivity index (χ2n) is 6.54. The number of carboxylic acid groups (broad SMARTS) is 1. The van der Waals surface area contributed by atoms with Gasteiger partial charge in [-0.1, -0.05) is 19.0 Å². The van der Waals surface area contributed by atoms with E-state index in [0.29, 0.717) is 35.6 Å². The summed E-state index contributed by atoms with van der Waals surface area (Å²) in [4.78, 5) is 22.0. The molecule has 132 valence electrons. The number of anilines is 1. The molecule has 1 aromatic carbocycles. The van der Waals surface area contributed by atoms with Crippen LogP contribution in [0.25, 0.3) is 11.0 Å². The number of fused-ring (bicyclic) bond motifs is 1. The molecule has 0 unspecified atom stereocenters. The minimum absolute atomic E-state index is 0.219. The van der Waals surface area contributed by atoms with E-state index in [0.717, 1.165) is 11.9 Å². The number of imidazole rings is 1. The number of rotatable bonds is 6. The maximum Gasteiger partial charge on any atom is 0.335 e. The molecule has 0 saturated carbocycles. The van der Waals surface area contributed by atoms with Gasteiger partial charge in [0.1, 0.15) is 0 Å². The Labute approximate surface area is 145 Å². The summed E-state index contributed by atoms with van der Waals surface area (Å²) in [6.45, 7) is 4.65. The average molecular weight is 343 g/mol. The van der Waals surface area contributed by atoms with Crippen molar-refractivity contribution in [1.82, 2.24) is 19.7 Å². The van der Waals surface area contributed by atoms with E-state index >= 15 is 0 Å². The van der Waals surface area contributed by atoms with E-state index in [4.69, 9.17) is 9.63 Å². The summed E-state index contributed by atoms with van der Waals surface area (Å²) in [7, 11) is 3.78. The third-order valence-electron chi connectivity index (χ3n) is 3.92. The summed E-state index contributed by atoms with van der Waals surface area (Å²) in [5, 5.41) is 13.1. The van der Waals surface area contributed by atoms with Gasteiger partial charge in [-0.05, 0) is 24.1 Å². The fraction of sp³-hybridized carbons (Fsp3) is 0.412. The summed E-state index contributed by atoms with van der Waals surface area (Å²) >= 11 is 0. The van der Waals surface area contributed by atoms with Crippen LogP contribution in [0.4, 0.5) is 5.95 Å². The predicted molar refractivity (Wildman–Crippen MR) is 92.6 cm³/mol. The molecule has 8 nitrogen and oxygen atoms in total. The highest BCUT2D eigenvalue weighted by Crippen LogP contribution is 2.22. The summed E-state index contributed by atoms with van der Waals surface area (Å²) < 4.78 is 7.18. The van der Waals surface area contributed by atoms with Crippen LogP contribution >= 0.6 is 0 Å². The van der Waals surface area contributed by atoms with Crippen LogP contribution in [0.5, 0.6) is 0 Å². The van der Waals surface area contributed by atoms with Gasteiger partial charge in [0.2, 0.25) is 11.8 Å². The van der Waals surface area contributed by atoms with E-state index in [-0.39, 0.29) is 5.56 Å². The number of carboxylic acids is 1. The second kappa shape index (κ2) is 6.54. The van der Waals surface area contributed by atoms with Crippen LogP contribution in [0.1, 0.15) is 35.9 Å². The lowest BCUT2D eigenvalue weighted by molar-refractivity contribution is 0.0697. The van der Waals surface area contributed by atoms with Gasteiger partial charge < -0.3 is 19.1 Å². The minimum atomic E-state index is -0.966. The number of aromatic nitrogens is 4. The maximum absolute atomic E-state index is 11.1. The molecule has 1 N–H and O–H groups in total. The summed E-state index contributed by atoms with van der Waals surface area (Å²) in [6, 6.07) is 4.91. The van der Waals surface area contributed by atoms with E-state index in [9.17, 15) is 4.79 Å². The Morgan fingerprint density at radius 3 is 2.80 bits per heavy atom. The van der Waals surface area contributed by atoms with Gasteiger partial charge in [0.15, 0.2) is 5.82 Å². The van der Waals surface area contributed by atoms with Gasteiger partial charge in [0, 0.05) is 20.5 Å². The molecule has 0 fully saturated rings. The third-order valence-corrected chi connectivity index (χ3v) is 3.92. The Kier molecular flexibility index (Phi) is 4.43. The van der Waals surface area contributed by atoms with E-state index in [1.54, 1.807) is 18.2 Å². The van der Waals surface area contributed by atoms with Crippen molar-refractivity contribution in [3.63, 3.8) is 0 Å². The molecule has 8 heteroatoms. The first kappa shape index (κ1) is 16.9. The van der Waals surface area contributed by atoms with Crippen LogP contribution in [0.15, 0.2) is 22.7 Å². The third kappa shape index (κ3) is 3.47. The molecule has 25 heavy (non-hydrogen) atoms. The van der Waals surface area contributed by atoms with Crippen LogP contribution in [0.3, 0.4) is 0 Å². The van der Waals surface area contributed by atoms with Gasteiger partial charge in [-0.25, -0.2) is 9.78 Å². The summed E-state index contributed by atoms with van der Waals surface area (Å²) in [5.41, 5.74) is 1.72. The lowest BCUT2D eigenvalue weighted by Crippen LogP contribution is -2.20. The Hall–Kier alpha value is -2.90. The van der Waals surface area contributed by atoms with Gasteiger partial charge >= 0.3 is 5.97 Å². The molecule has 0 bridgehead atoms. The Morgan fingerprint density at radius 2 is 2.12 bits per heavy atom. The second-order valence-corrected chi connectivity index (χ2v) is 6.54. The van der Waals surface area contributed by atoms with Crippen LogP contribution in [0, 0.1) is 5.92 Å². The highest BCUT2D eigenvalue weighted by molar-refractivity contribution is 5.93. The highest BCUT2D eigenvalue weighted by Gasteiger charge is 2.16. The number of hydrogen-bond acceptors (Lipinski definition) is 6. The topological polar surface area (TPSA) is 97.3 Å². The van der Waals surface area contributed by atoms with Crippen molar-refractivity contribution >= 4 is 23.0 Å². The number of benzene rings is 1. The largest absolute Gasteiger partial charge is 0.478 e. The van der Waals surface area contributed by atoms with Gasteiger partial charge in [-0.3, -0.25) is 0 Å². The quantitative estimate of drug-likeness (QED) is 0.734. The summed E-state index contributed by atoms with van der Waals surface area (Å²) in [6.07, 6.45) is 0.751. The van der Waals surface area contributed by atoms with Crippen molar-refractivity contribution in [2.75, 3.05) is 11.9 Å². The van der Waals surface area contributed by atoms with Crippen LogP contribution < -0.4 is 4.90 Å². The van der Waals surface area contributed by atoms with Crippen molar-refractivity contribution in [2.45, 2.75) is 26.8 Å². The molecule has 0 saturated heterocycles. The Morgan fingerprint density at radius 1 is 1.36 bits per heavy atom. The van der Waals surface area contributed by atoms with E-state index in [1.165, 1.54) is 0 Å². The lowest BCUT2D eigenvalue weighted by Gasteiger charge is -2.15. The Balaban J connectivity index is 1.84. The van der Waals surface area contributed by atoms with Crippen LogP contribution in [-0.4, -0.2) is 37.8 Å². The van der Waals surface area contributed by atoms with Crippen molar-refractivity contribution in [3.8, 4) is 0 Å². The number of hydrogen-bond donors (Lipinski definition) is 1. The monoisotopic (exact) mass is 343 g/mol. The predicted octanol–water partition coefficient (Wildman–Crippen LogP) is 2.49. The normalized spacial score (nSPS) is 11.4. The lowest BCUT2D eigenvalue weighted by atomic mass is 10.1. The molecule has 0 aliphatic carbocycles. The fourth-order valence-corrected chi connectivity index (χ4v) is 2.73. The number of nitrogens with zero attached hydrogens (tertiary/aromatic N) is 5. The molecule has 2 aromatic heterocycles. The molecule has 0 atom stereocenters. The van der Waals surface area contributed by atoms with Crippen molar-refractivity contribution < 1.29 is 14.4 Å².